The molecule has 1 heterocycles. The third kappa shape index (κ3) is 8.03. The van der Waals surface area contributed by atoms with E-state index in [0.29, 0.717) is 0 Å². The van der Waals surface area contributed by atoms with Crippen molar-refractivity contribution in [2.24, 2.45) is 0 Å². The molecule has 2 aromatic carbocycles. The minimum atomic E-state index is 0.288. The van der Waals surface area contributed by atoms with E-state index in [-0.39, 0.29) is 5.92 Å². The summed E-state index contributed by atoms with van der Waals surface area (Å²) in [6.45, 7) is 7.52. The molecule has 3 rings (SSSR count). The van der Waals surface area contributed by atoms with Gasteiger partial charge in [-0.15, -0.1) is 0 Å². The number of nitrogens with zero attached hydrogens (tertiary/aromatic N) is 1. The van der Waals surface area contributed by atoms with E-state index in [1.807, 2.05) is 0 Å². The van der Waals surface area contributed by atoms with Gasteiger partial charge in [0.1, 0.15) is 5.75 Å². The van der Waals surface area contributed by atoms with E-state index in [2.05, 4.69) is 87.6 Å². The lowest BCUT2D eigenvalue weighted by atomic mass is 9.94. The van der Waals surface area contributed by atoms with Crippen LogP contribution in [0.2, 0.25) is 0 Å². The first-order valence-corrected chi connectivity index (χ1v) is 13.0. The molecule has 0 bridgehead atoms. The van der Waals surface area contributed by atoms with Crippen LogP contribution in [0.4, 0.5) is 0 Å². The molecule has 0 N–H and O–H groups in total. The number of hydrogen-bond donors (Lipinski definition) is 0. The molecule has 3 aromatic rings. The van der Waals surface area contributed by atoms with Crippen LogP contribution in [0.1, 0.15) is 94.9 Å². The lowest BCUT2D eigenvalue weighted by Gasteiger charge is -2.13. The molecule has 0 spiro atoms. The normalized spacial score (nSPS) is 12.0. The van der Waals surface area contributed by atoms with Gasteiger partial charge in [-0.1, -0.05) is 102 Å². The summed E-state index contributed by atoms with van der Waals surface area (Å²) in [4.78, 5) is 4.78. The highest BCUT2D eigenvalue weighted by Crippen LogP contribution is 2.27. The molecular formula is C31H41NO. The Labute approximate surface area is 201 Å². The molecule has 0 fully saturated rings. The van der Waals surface area contributed by atoms with E-state index >= 15 is 0 Å². The van der Waals surface area contributed by atoms with Crippen molar-refractivity contribution in [1.29, 1.82) is 0 Å². The molecule has 0 aliphatic rings. The summed E-state index contributed by atoms with van der Waals surface area (Å²) < 4.78 is 5.84. The van der Waals surface area contributed by atoms with Crippen LogP contribution in [0.15, 0.2) is 66.9 Å². The molecule has 2 heteroatoms. The SMILES string of the molecule is CCCCCCCc1ccc(C(C)c2ccc(-c3ccc(OCCCCC)cc3)cc2)nc1. The highest BCUT2D eigenvalue weighted by molar-refractivity contribution is 5.64. The standard InChI is InChI=1S/C31H41NO/c1-4-6-8-9-10-12-26-13-22-31(32-24-26)25(3)27-14-16-28(17-15-27)29-18-20-30(21-19-29)33-23-11-7-5-2/h13-22,24-25H,4-12,23H2,1-3H3. The average molecular weight is 444 g/mol. The summed E-state index contributed by atoms with van der Waals surface area (Å²) in [5.74, 6) is 1.24. The molecule has 0 aliphatic heterocycles. The first-order valence-electron chi connectivity index (χ1n) is 13.0. The molecule has 0 aliphatic carbocycles. The number of pyridine rings is 1. The smallest absolute Gasteiger partial charge is 0.119 e. The number of hydrogen-bond acceptors (Lipinski definition) is 2. The van der Waals surface area contributed by atoms with Gasteiger partial charge in [0.2, 0.25) is 0 Å². The van der Waals surface area contributed by atoms with Gasteiger partial charge < -0.3 is 4.74 Å². The summed E-state index contributed by atoms with van der Waals surface area (Å²) in [6, 6.07) is 21.8. The van der Waals surface area contributed by atoms with Gasteiger partial charge in [0.25, 0.3) is 0 Å². The van der Waals surface area contributed by atoms with Gasteiger partial charge in [0.05, 0.1) is 6.61 Å². The Morgan fingerprint density at radius 2 is 1.33 bits per heavy atom. The fourth-order valence-electron chi connectivity index (χ4n) is 4.19. The van der Waals surface area contributed by atoms with Crippen LogP contribution in [0.5, 0.6) is 5.75 Å². The van der Waals surface area contributed by atoms with E-state index in [1.165, 1.54) is 67.2 Å². The Balaban J connectivity index is 1.53. The largest absolute Gasteiger partial charge is 0.494 e. The fraction of sp³-hybridized carbons (Fsp3) is 0.452. The van der Waals surface area contributed by atoms with E-state index in [0.717, 1.165) is 30.9 Å². The van der Waals surface area contributed by atoms with Crippen molar-refractivity contribution in [1.82, 2.24) is 4.98 Å². The van der Waals surface area contributed by atoms with Crippen LogP contribution < -0.4 is 4.74 Å². The third-order valence-electron chi connectivity index (χ3n) is 6.48. The predicted octanol–water partition coefficient (Wildman–Crippen LogP) is 8.98. The molecule has 33 heavy (non-hydrogen) atoms. The molecule has 1 aromatic heterocycles. The van der Waals surface area contributed by atoms with Crippen LogP contribution in [0.3, 0.4) is 0 Å². The molecule has 1 unspecified atom stereocenters. The number of aryl methyl sites for hydroxylation is 1. The topological polar surface area (TPSA) is 22.1 Å². The zero-order chi connectivity index (χ0) is 23.3. The molecule has 2 nitrogen and oxygen atoms in total. The Bertz CT molecular complexity index is 913. The maximum absolute atomic E-state index is 5.84. The third-order valence-corrected chi connectivity index (χ3v) is 6.48. The first kappa shape index (κ1) is 25.0. The van der Waals surface area contributed by atoms with Crippen molar-refractivity contribution in [3.8, 4) is 16.9 Å². The summed E-state index contributed by atoms with van der Waals surface area (Å²) in [5.41, 5.74) is 6.25. The number of unbranched alkanes of at least 4 members (excludes halogenated alkanes) is 6. The minimum Gasteiger partial charge on any atom is -0.494 e. The summed E-state index contributed by atoms with van der Waals surface area (Å²) in [7, 11) is 0. The molecule has 0 saturated carbocycles. The summed E-state index contributed by atoms with van der Waals surface area (Å²) >= 11 is 0. The van der Waals surface area contributed by atoms with E-state index < -0.39 is 0 Å². The van der Waals surface area contributed by atoms with Gasteiger partial charge in [0, 0.05) is 17.8 Å². The number of rotatable bonds is 14. The molecule has 0 amide bonds. The van der Waals surface area contributed by atoms with Gasteiger partial charge in [-0.3, -0.25) is 4.98 Å². The molecule has 0 saturated heterocycles. The Hall–Kier alpha value is -2.61. The van der Waals surface area contributed by atoms with Gasteiger partial charge in [-0.05, 0) is 59.7 Å². The van der Waals surface area contributed by atoms with Crippen molar-refractivity contribution in [2.75, 3.05) is 6.61 Å². The monoisotopic (exact) mass is 443 g/mol. The Morgan fingerprint density at radius 3 is 1.97 bits per heavy atom. The Morgan fingerprint density at radius 1 is 0.697 bits per heavy atom. The van der Waals surface area contributed by atoms with Crippen molar-refractivity contribution in [2.45, 2.75) is 84.5 Å². The molecule has 0 radical (unpaired) electrons. The molecule has 176 valence electrons. The highest BCUT2D eigenvalue weighted by atomic mass is 16.5. The zero-order valence-electron chi connectivity index (χ0n) is 20.9. The van der Waals surface area contributed by atoms with Crippen molar-refractivity contribution >= 4 is 0 Å². The van der Waals surface area contributed by atoms with Crippen molar-refractivity contribution < 1.29 is 4.74 Å². The predicted molar refractivity (Wildman–Crippen MR) is 141 cm³/mol. The Kier molecular flexibility index (Phi) is 10.5. The lowest BCUT2D eigenvalue weighted by Crippen LogP contribution is -2.00. The first-order chi connectivity index (χ1) is 16.2. The van der Waals surface area contributed by atoms with Crippen LogP contribution in [0.25, 0.3) is 11.1 Å². The van der Waals surface area contributed by atoms with E-state index in [1.54, 1.807) is 0 Å². The van der Waals surface area contributed by atoms with Gasteiger partial charge in [0.15, 0.2) is 0 Å². The van der Waals surface area contributed by atoms with Crippen molar-refractivity contribution in [3.05, 3.63) is 83.7 Å². The minimum absolute atomic E-state index is 0.288. The van der Waals surface area contributed by atoms with Crippen molar-refractivity contribution in [3.63, 3.8) is 0 Å². The second-order valence-corrected chi connectivity index (χ2v) is 9.18. The molecular weight excluding hydrogens is 402 g/mol. The van der Waals surface area contributed by atoms with Crippen LogP contribution in [0, 0.1) is 0 Å². The van der Waals surface area contributed by atoms with Crippen LogP contribution in [-0.2, 0) is 6.42 Å². The maximum Gasteiger partial charge on any atom is 0.119 e. The van der Waals surface area contributed by atoms with E-state index in [9.17, 15) is 0 Å². The van der Waals surface area contributed by atoms with Crippen LogP contribution in [-0.4, -0.2) is 11.6 Å². The molecule has 1 atom stereocenters. The quantitative estimate of drug-likeness (QED) is 0.232. The second kappa shape index (κ2) is 13.8. The summed E-state index contributed by atoms with van der Waals surface area (Å²) in [6.07, 6.45) is 13.4. The van der Waals surface area contributed by atoms with Crippen LogP contribution >= 0.6 is 0 Å². The van der Waals surface area contributed by atoms with Gasteiger partial charge in [-0.25, -0.2) is 0 Å². The average Bonchev–Trinajstić information content (AvgIpc) is 2.87. The van der Waals surface area contributed by atoms with E-state index in [4.69, 9.17) is 9.72 Å². The number of ether oxygens (including phenoxy) is 1. The summed E-state index contributed by atoms with van der Waals surface area (Å²) in [5, 5.41) is 0. The highest BCUT2D eigenvalue weighted by Gasteiger charge is 2.10. The second-order valence-electron chi connectivity index (χ2n) is 9.18. The number of benzene rings is 2. The number of aromatic nitrogens is 1. The lowest BCUT2D eigenvalue weighted by molar-refractivity contribution is 0.306. The zero-order valence-corrected chi connectivity index (χ0v) is 20.9. The fourth-order valence-corrected chi connectivity index (χ4v) is 4.19. The van der Waals surface area contributed by atoms with Gasteiger partial charge in [-0.2, -0.15) is 0 Å². The maximum atomic E-state index is 5.84. The van der Waals surface area contributed by atoms with Gasteiger partial charge >= 0.3 is 0 Å².